The van der Waals surface area contributed by atoms with Gasteiger partial charge in [0.15, 0.2) is 5.78 Å². The summed E-state index contributed by atoms with van der Waals surface area (Å²) < 4.78 is 30.3. The summed E-state index contributed by atoms with van der Waals surface area (Å²) >= 11 is 25.5. The summed E-state index contributed by atoms with van der Waals surface area (Å²) in [7, 11) is -4.39. The molecule has 222 valence electrons. The molecule has 0 unspecified atom stereocenters. The van der Waals surface area contributed by atoms with Gasteiger partial charge in [-0.1, -0.05) is 116 Å². The zero-order valence-corrected chi connectivity index (χ0v) is 27.4. The highest BCUT2D eigenvalue weighted by Crippen LogP contribution is 2.49. The predicted octanol–water partition coefficient (Wildman–Crippen LogP) is 8.79. The van der Waals surface area contributed by atoms with E-state index in [0.29, 0.717) is 12.0 Å². The van der Waals surface area contributed by atoms with Crippen LogP contribution in [-0.4, -0.2) is 30.3 Å². The van der Waals surface area contributed by atoms with Crippen LogP contribution in [0.3, 0.4) is 0 Å². The highest BCUT2D eigenvalue weighted by Gasteiger charge is 2.50. The van der Waals surface area contributed by atoms with Gasteiger partial charge in [0, 0.05) is 24.0 Å². The van der Waals surface area contributed by atoms with Crippen molar-refractivity contribution >= 4 is 68.0 Å². The van der Waals surface area contributed by atoms with E-state index in [2.05, 4.69) is 0 Å². The lowest BCUT2D eigenvalue weighted by Crippen LogP contribution is -2.45. The van der Waals surface area contributed by atoms with Crippen LogP contribution in [0.1, 0.15) is 51.3 Å². The average molecular weight is 667 g/mol. The molecule has 0 fully saturated rings. The Hall–Kier alpha value is -2.19. The maximum atomic E-state index is 14.5. The lowest BCUT2D eigenvalue weighted by atomic mass is 9.85. The van der Waals surface area contributed by atoms with Gasteiger partial charge in [0.05, 0.1) is 26.1 Å². The van der Waals surface area contributed by atoms with Crippen molar-refractivity contribution in [3.8, 4) is 0 Å². The van der Waals surface area contributed by atoms with Gasteiger partial charge < -0.3 is 0 Å². The van der Waals surface area contributed by atoms with E-state index in [0.717, 1.165) is 5.56 Å². The summed E-state index contributed by atoms with van der Waals surface area (Å²) in [6.07, 6.45) is 1.98. The number of ketones is 2. The van der Waals surface area contributed by atoms with Crippen molar-refractivity contribution in [3.05, 3.63) is 110 Å². The van der Waals surface area contributed by atoms with Crippen molar-refractivity contribution in [2.45, 2.75) is 57.5 Å². The van der Waals surface area contributed by atoms with Crippen LogP contribution in [0.15, 0.2) is 83.3 Å². The molecule has 1 aliphatic heterocycles. The zero-order chi connectivity index (χ0) is 31.0. The largest absolute Gasteiger partial charge is 0.300 e. The molecule has 10 heteroatoms. The van der Waals surface area contributed by atoms with Crippen LogP contribution >= 0.6 is 46.4 Å². The average Bonchev–Trinajstić information content (AvgIpc) is 3.33. The Labute approximate surface area is 267 Å². The minimum Gasteiger partial charge on any atom is -0.300 e. The molecule has 1 aliphatic rings. The van der Waals surface area contributed by atoms with Crippen LogP contribution < -0.4 is 0 Å². The molecule has 0 spiro atoms. The highest BCUT2D eigenvalue weighted by molar-refractivity contribution is 7.89. The van der Waals surface area contributed by atoms with E-state index in [9.17, 15) is 18.0 Å². The fraction of sp³-hybridized carbons (Fsp3) is 0.312. The Balaban J connectivity index is 1.88. The number of sulfonamides is 1. The van der Waals surface area contributed by atoms with Gasteiger partial charge in [0.2, 0.25) is 10.0 Å². The third kappa shape index (κ3) is 6.80. The van der Waals surface area contributed by atoms with Crippen LogP contribution in [0.5, 0.6) is 0 Å². The predicted molar refractivity (Wildman–Crippen MR) is 170 cm³/mol. The maximum absolute atomic E-state index is 14.5. The van der Waals surface area contributed by atoms with E-state index in [1.54, 1.807) is 30.3 Å². The van der Waals surface area contributed by atoms with Crippen molar-refractivity contribution in [1.29, 1.82) is 0 Å². The number of Topliss-reactive ketones (excluding diaryl/α,β-unsaturated/α-hetero) is 2. The molecule has 0 radical (unpaired) electrons. The number of halogens is 4. The second kappa shape index (κ2) is 12.8. The van der Waals surface area contributed by atoms with E-state index in [1.807, 2.05) is 51.1 Å². The molecule has 42 heavy (non-hydrogen) atoms. The molecule has 0 aromatic heterocycles. The van der Waals surface area contributed by atoms with Crippen molar-refractivity contribution in [3.63, 3.8) is 0 Å². The smallest absolute Gasteiger partial charge is 0.247 e. The van der Waals surface area contributed by atoms with E-state index in [1.165, 1.54) is 23.4 Å². The minimum absolute atomic E-state index is 0.0395. The van der Waals surface area contributed by atoms with Crippen LogP contribution in [0.4, 0.5) is 0 Å². The molecule has 5 nitrogen and oxygen atoms in total. The van der Waals surface area contributed by atoms with Crippen LogP contribution in [0.25, 0.3) is 0 Å². The minimum atomic E-state index is -4.39. The molecule has 3 atom stereocenters. The number of carbonyl (C=O) groups is 2. The SMILES string of the molecule is CC(=O)[C@@H](CC(=O)C1=C[C@@H](C(C)(C)C)N(S(=O)(=O)c2c(Cl)cccc2Cl)[C@H]1c1ccc(Cl)c(Cl)c1)Cc1ccccc1. The van der Waals surface area contributed by atoms with E-state index < -0.39 is 33.4 Å². The van der Waals surface area contributed by atoms with Gasteiger partial charge in [0.1, 0.15) is 10.7 Å². The third-order valence-electron chi connectivity index (χ3n) is 7.42. The normalized spacial score (nSPS) is 18.5. The number of benzene rings is 3. The lowest BCUT2D eigenvalue weighted by molar-refractivity contribution is -0.125. The number of hydrogen-bond donors (Lipinski definition) is 0. The maximum Gasteiger partial charge on any atom is 0.247 e. The van der Waals surface area contributed by atoms with Crippen molar-refractivity contribution in [2.24, 2.45) is 11.3 Å². The first kappa shape index (κ1) is 32.7. The number of nitrogens with zero attached hydrogens (tertiary/aromatic N) is 1. The molecule has 1 heterocycles. The molecular weight excluding hydrogens is 636 g/mol. The standard InChI is InChI=1S/C32H31Cl4NO4S/c1-19(38)22(15-20-9-6-5-7-10-20)17-28(39)23-18-29(32(2,3)4)37(30(23)21-13-14-24(33)27(36)16-21)42(40,41)31-25(34)11-8-12-26(31)35/h5-14,16,18,22,29-30H,15,17H2,1-4H3/t22-,29+,30+/m1/s1. The van der Waals surface area contributed by atoms with Crippen LogP contribution in [-0.2, 0) is 26.0 Å². The fourth-order valence-electron chi connectivity index (χ4n) is 5.24. The van der Waals surface area contributed by atoms with Gasteiger partial charge >= 0.3 is 0 Å². The van der Waals surface area contributed by atoms with Gasteiger partial charge in [-0.15, -0.1) is 0 Å². The van der Waals surface area contributed by atoms with Gasteiger partial charge in [-0.3, -0.25) is 9.59 Å². The Morgan fingerprint density at radius 1 is 0.857 bits per heavy atom. The molecule has 3 aromatic carbocycles. The first-order valence-corrected chi connectivity index (χ1v) is 16.3. The first-order valence-electron chi connectivity index (χ1n) is 13.3. The third-order valence-corrected chi connectivity index (χ3v) is 11.0. The molecule has 3 aromatic rings. The van der Waals surface area contributed by atoms with Gasteiger partial charge in [0.25, 0.3) is 0 Å². The molecule has 0 saturated heterocycles. The fourth-order valence-corrected chi connectivity index (χ4v) is 8.56. The van der Waals surface area contributed by atoms with E-state index >= 15 is 0 Å². The number of hydrogen-bond acceptors (Lipinski definition) is 4. The van der Waals surface area contributed by atoms with Gasteiger partial charge in [-0.25, -0.2) is 8.42 Å². The summed E-state index contributed by atoms with van der Waals surface area (Å²) in [6, 6.07) is 16.9. The monoisotopic (exact) mass is 665 g/mol. The Morgan fingerprint density at radius 3 is 2.02 bits per heavy atom. The first-order chi connectivity index (χ1) is 19.6. The Bertz CT molecular complexity index is 1630. The summed E-state index contributed by atoms with van der Waals surface area (Å²) in [6.45, 7) is 7.13. The zero-order valence-electron chi connectivity index (χ0n) is 23.6. The number of carbonyl (C=O) groups excluding carboxylic acids is 2. The summed E-state index contributed by atoms with van der Waals surface area (Å²) in [4.78, 5) is 26.6. The van der Waals surface area contributed by atoms with Crippen molar-refractivity contribution < 1.29 is 18.0 Å². The number of rotatable bonds is 9. The second-order valence-corrected chi connectivity index (χ2v) is 14.9. The second-order valence-electron chi connectivity index (χ2n) is 11.5. The quantitative estimate of drug-likeness (QED) is 0.229. The van der Waals surface area contributed by atoms with Gasteiger partial charge in [-0.05, 0) is 54.2 Å². The van der Waals surface area contributed by atoms with Crippen molar-refractivity contribution in [2.75, 3.05) is 0 Å². The lowest BCUT2D eigenvalue weighted by Gasteiger charge is -2.37. The van der Waals surface area contributed by atoms with E-state index in [4.69, 9.17) is 46.4 Å². The van der Waals surface area contributed by atoms with Crippen LogP contribution in [0.2, 0.25) is 20.1 Å². The summed E-state index contributed by atoms with van der Waals surface area (Å²) in [5, 5.41) is 0.411. The van der Waals surface area contributed by atoms with E-state index in [-0.39, 0.29) is 48.5 Å². The molecule has 0 N–H and O–H groups in total. The molecule has 4 rings (SSSR count). The summed E-state index contributed by atoms with van der Waals surface area (Å²) in [5.74, 6) is -1.05. The van der Waals surface area contributed by atoms with Crippen molar-refractivity contribution in [1.82, 2.24) is 4.31 Å². The molecule has 0 bridgehead atoms. The Kier molecular flexibility index (Phi) is 9.98. The van der Waals surface area contributed by atoms with Gasteiger partial charge in [-0.2, -0.15) is 4.31 Å². The van der Waals surface area contributed by atoms with Crippen LogP contribution in [0, 0.1) is 11.3 Å². The molecular formula is C32H31Cl4NO4S. The summed E-state index contributed by atoms with van der Waals surface area (Å²) in [5.41, 5.74) is 0.975. The molecule has 0 saturated carbocycles. The molecule has 0 aliphatic carbocycles. The highest BCUT2D eigenvalue weighted by atomic mass is 35.5. The topological polar surface area (TPSA) is 71.5 Å². The Morgan fingerprint density at radius 2 is 1.48 bits per heavy atom. The molecule has 0 amide bonds.